The van der Waals surface area contributed by atoms with Crippen LogP contribution >= 0.6 is 11.3 Å². The van der Waals surface area contributed by atoms with E-state index in [4.69, 9.17) is 0 Å². The number of nitrogens with zero attached hydrogens (tertiary/aromatic N) is 4. The van der Waals surface area contributed by atoms with Crippen molar-refractivity contribution in [2.75, 3.05) is 36.9 Å². The highest BCUT2D eigenvalue weighted by atomic mass is 32.1. The standard InChI is InChI=1S/C16H21N5OS/c1-20(13-6-3-2-4-7-13)10-14-8-5-9-21(14)11-15(22)18-16-19-17-12-23-16/h2-4,6-7,12,14H,5,8-11H2,1H3,(H,18,19,22). The number of benzene rings is 1. The Morgan fingerprint density at radius 1 is 1.43 bits per heavy atom. The van der Waals surface area contributed by atoms with Crippen LogP contribution in [0.2, 0.25) is 0 Å². The SMILES string of the molecule is CN(CC1CCCN1CC(=O)Nc1nncs1)c1ccccc1. The van der Waals surface area contributed by atoms with Crippen molar-refractivity contribution in [3.8, 4) is 0 Å². The first-order valence-corrected chi connectivity index (χ1v) is 8.66. The molecule has 0 aliphatic carbocycles. The number of likely N-dealkylation sites (tertiary alicyclic amines) is 1. The van der Waals surface area contributed by atoms with Crippen molar-refractivity contribution in [1.29, 1.82) is 0 Å². The zero-order valence-electron chi connectivity index (χ0n) is 13.2. The molecule has 3 rings (SSSR count). The summed E-state index contributed by atoms with van der Waals surface area (Å²) in [5.41, 5.74) is 2.82. The molecule has 1 amide bonds. The molecule has 1 aliphatic rings. The molecule has 1 aliphatic heterocycles. The van der Waals surface area contributed by atoms with Crippen LogP contribution in [0.5, 0.6) is 0 Å². The third-order valence-corrected chi connectivity index (χ3v) is 4.74. The smallest absolute Gasteiger partial charge is 0.240 e. The van der Waals surface area contributed by atoms with Gasteiger partial charge < -0.3 is 4.90 Å². The van der Waals surface area contributed by atoms with Gasteiger partial charge in [0.1, 0.15) is 5.51 Å². The third kappa shape index (κ3) is 4.27. The summed E-state index contributed by atoms with van der Waals surface area (Å²) < 4.78 is 0. The van der Waals surface area contributed by atoms with E-state index in [9.17, 15) is 4.79 Å². The molecule has 1 atom stereocenters. The summed E-state index contributed by atoms with van der Waals surface area (Å²) in [7, 11) is 2.10. The summed E-state index contributed by atoms with van der Waals surface area (Å²) in [4.78, 5) is 16.7. The van der Waals surface area contributed by atoms with Crippen LogP contribution in [0.15, 0.2) is 35.8 Å². The molecule has 2 heterocycles. The Bertz CT molecular complexity index is 619. The van der Waals surface area contributed by atoms with Crippen molar-refractivity contribution in [3.05, 3.63) is 35.8 Å². The molecule has 1 unspecified atom stereocenters. The molecule has 1 aromatic heterocycles. The predicted octanol–water partition coefficient (Wildman–Crippen LogP) is 2.08. The molecule has 0 saturated carbocycles. The second kappa shape index (κ2) is 7.52. The van der Waals surface area contributed by atoms with Gasteiger partial charge in [0, 0.05) is 25.3 Å². The predicted molar refractivity (Wildman–Crippen MR) is 92.8 cm³/mol. The zero-order chi connectivity index (χ0) is 16.1. The fourth-order valence-corrected chi connectivity index (χ4v) is 3.45. The van der Waals surface area contributed by atoms with E-state index in [0.29, 0.717) is 17.7 Å². The minimum absolute atomic E-state index is 0.0176. The maximum absolute atomic E-state index is 12.1. The number of para-hydroxylation sites is 1. The molecular formula is C16H21N5OS. The van der Waals surface area contributed by atoms with Crippen LogP contribution in [0.25, 0.3) is 0 Å². The van der Waals surface area contributed by atoms with Crippen LogP contribution in [-0.4, -0.2) is 53.7 Å². The monoisotopic (exact) mass is 331 g/mol. The van der Waals surface area contributed by atoms with E-state index < -0.39 is 0 Å². The average Bonchev–Trinajstić information content (AvgIpc) is 3.21. The van der Waals surface area contributed by atoms with E-state index in [2.05, 4.69) is 44.5 Å². The van der Waals surface area contributed by atoms with Crippen LogP contribution in [0.4, 0.5) is 10.8 Å². The molecule has 7 heteroatoms. The van der Waals surface area contributed by atoms with Gasteiger partial charge in [0.2, 0.25) is 11.0 Å². The van der Waals surface area contributed by atoms with Crippen molar-refractivity contribution in [3.63, 3.8) is 0 Å². The minimum Gasteiger partial charge on any atom is -0.373 e. The van der Waals surface area contributed by atoms with Crippen LogP contribution in [0.1, 0.15) is 12.8 Å². The van der Waals surface area contributed by atoms with Gasteiger partial charge in [0.15, 0.2) is 0 Å². The number of likely N-dealkylation sites (N-methyl/N-ethyl adjacent to an activating group) is 1. The number of carbonyl (C=O) groups is 1. The number of hydrogen-bond donors (Lipinski definition) is 1. The van der Waals surface area contributed by atoms with E-state index in [-0.39, 0.29) is 5.91 Å². The molecule has 1 fully saturated rings. The largest absolute Gasteiger partial charge is 0.373 e. The van der Waals surface area contributed by atoms with Gasteiger partial charge >= 0.3 is 0 Å². The molecule has 122 valence electrons. The van der Waals surface area contributed by atoms with Crippen LogP contribution in [0.3, 0.4) is 0 Å². The van der Waals surface area contributed by atoms with E-state index >= 15 is 0 Å². The average molecular weight is 331 g/mol. The fraction of sp³-hybridized carbons (Fsp3) is 0.438. The van der Waals surface area contributed by atoms with E-state index in [0.717, 1.165) is 25.9 Å². The Kier molecular flexibility index (Phi) is 5.19. The summed E-state index contributed by atoms with van der Waals surface area (Å²) in [5.74, 6) is -0.0176. The fourth-order valence-electron chi connectivity index (χ4n) is 2.98. The Hall–Kier alpha value is -1.99. The molecule has 6 nitrogen and oxygen atoms in total. The minimum atomic E-state index is -0.0176. The number of hydrogen-bond acceptors (Lipinski definition) is 6. The van der Waals surface area contributed by atoms with Crippen LogP contribution in [-0.2, 0) is 4.79 Å². The lowest BCUT2D eigenvalue weighted by Crippen LogP contribution is -2.42. The maximum atomic E-state index is 12.1. The van der Waals surface area contributed by atoms with Crippen molar-refractivity contribution in [1.82, 2.24) is 15.1 Å². The summed E-state index contributed by atoms with van der Waals surface area (Å²) in [6.07, 6.45) is 2.27. The molecule has 0 radical (unpaired) electrons. The summed E-state index contributed by atoms with van der Waals surface area (Å²) in [6, 6.07) is 10.8. The third-order valence-electron chi connectivity index (χ3n) is 4.13. The van der Waals surface area contributed by atoms with Gasteiger partial charge in [0.25, 0.3) is 0 Å². The quantitative estimate of drug-likeness (QED) is 0.878. The van der Waals surface area contributed by atoms with Gasteiger partial charge in [0.05, 0.1) is 6.54 Å². The van der Waals surface area contributed by atoms with Gasteiger partial charge in [-0.05, 0) is 31.5 Å². The van der Waals surface area contributed by atoms with E-state index in [1.807, 2.05) is 18.2 Å². The Morgan fingerprint density at radius 2 is 2.26 bits per heavy atom. The molecule has 1 saturated heterocycles. The highest BCUT2D eigenvalue weighted by Crippen LogP contribution is 2.20. The van der Waals surface area contributed by atoms with Gasteiger partial charge in [-0.1, -0.05) is 29.5 Å². The van der Waals surface area contributed by atoms with E-state index in [1.54, 1.807) is 5.51 Å². The number of carbonyl (C=O) groups excluding carboxylic acids is 1. The Balaban J connectivity index is 1.54. The summed E-state index contributed by atoms with van der Waals surface area (Å²) in [5, 5.41) is 10.9. The number of amides is 1. The van der Waals surface area contributed by atoms with Gasteiger partial charge in [-0.3, -0.25) is 15.0 Å². The van der Waals surface area contributed by atoms with Gasteiger partial charge in [-0.25, -0.2) is 0 Å². The lowest BCUT2D eigenvalue weighted by Gasteiger charge is -2.29. The number of anilines is 2. The molecule has 0 spiro atoms. The van der Waals surface area contributed by atoms with Crippen molar-refractivity contribution >= 4 is 28.1 Å². The maximum Gasteiger partial charge on any atom is 0.240 e. The number of nitrogens with one attached hydrogen (secondary N) is 1. The second-order valence-corrected chi connectivity index (χ2v) is 6.61. The topological polar surface area (TPSA) is 61.4 Å². The molecule has 1 N–H and O–H groups in total. The first-order chi connectivity index (χ1) is 11.2. The highest BCUT2D eigenvalue weighted by molar-refractivity contribution is 7.13. The van der Waals surface area contributed by atoms with Crippen LogP contribution < -0.4 is 10.2 Å². The molecule has 23 heavy (non-hydrogen) atoms. The zero-order valence-corrected chi connectivity index (χ0v) is 14.0. The van der Waals surface area contributed by atoms with Crippen molar-refractivity contribution in [2.24, 2.45) is 0 Å². The first-order valence-electron chi connectivity index (χ1n) is 7.78. The molecular weight excluding hydrogens is 310 g/mol. The Morgan fingerprint density at radius 3 is 3.00 bits per heavy atom. The van der Waals surface area contributed by atoms with Gasteiger partial charge in [-0.2, -0.15) is 0 Å². The van der Waals surface area contributed by atoms with Crippen molar-refractivity contribution < 1.29 is 4.79 Å². The lowest BCUT2D eigenvalue weighted by atomic mass is 10.2. The summed E-state index contributed by atoms with van der Waals surface area (Å²) in [6.45, 7) is 2.31. The number of aromatic nitrogens is 2. The van der Waals surface area contributed by atoms with Crippen molar-refractivity contribution in [2.45, 2.75) is 18.9 Å². The Labute approximate surface area is 140 Å². The van der Waals surface area contributed by atoms with Gasteiger partial charge in [-0.15, -0.1) is 10.2 Å². The number of rotatable bonds is 6. The normalized spacial score (nSPS) is 18.0. The molecule has 0 bridgehead atoms. The summed E-state index contributed by atoms with van der Waals surface area (Å²) >= 11 is 1.34. The van der Waals surface area contributed by atoms with E-state index in [1.165, 1.54) is 17.0 Å². The lowest BCUT2D eigenvalue weighted by molar-refractivity contribution is -0.117. The molecule has 1 aromatic carbocycles. The second-order valence-electron chi connectivity index (χ2n) is 5.77. The first kappa shape index (κ1) is 15.9. The molecule has 2 aromatic rings. The van der Waals surface area contributed by atoms with Crippen LogP contribution in [0, 0.1) is 0 Å². The highest BCUT2D eigenvalue weighted by Gasteiger charge is 2.27.